The van der Waals surface area contributed by atoms with Gasteiger partial charge in [-0.3, -0.25) is 0 Å². The van der Waals surface area contributed by atoms with E-state index < -0.39 is 0 Å². The lowest BCUT2D eigenvalue weighted by molar-refractivity contribution is 1.01. The maximum Gasteiger partial charge on any atom is 0.0854 e. The van der Waals surface area contributed by atoms with E-state index in [9.17, 15) is 0 Å². The largest absolute Gasteiger partial charge is 0.391 e. The molecule has 0 spiro atoms. The Hall–Kier alpha value is -0.850. The highest BCUT2D eigenvalue weighted by molar-refractivity contribution is 6.90. The van der Waals surface area contributed by atoms with Crippen molar-refractivity contribution in [1.29, 1.82) is 0 Å². The highest BCUT2D eigenvalue weighted by atomic mass is 14.9. The molecular weight excluding hydrogens is 132 g/mol. The van der Waals surface area contributed by atoms with Crippen LogP contribution in [0.1, 0.15) is 5.56 Å². The van der Waals surface area contributed by atoms with Crippen molar-refractivity contribution in [3.63, 3.8) is 0 Å². The minimum Gasteiger partial charge on any atom is -0.391 e. The number of nitrogens with one attached hydrogen (secondary N) is 1. The number of hydrogen-bond donors (Lipinski definition) is 1. The molecule has 3 radical (unpaired) electrons. The summed E-state index contributed by atoms with van der Waals surface area (Å²) < 4.78 is 0. The molecule has 51 valence electrons. The van der Waals surface area contributed by atoms with Gasteiger partial charge in [-0.1, -0.05) is 18.2 Å². The van der Waals surface area contributed by atoms with E-state index in [-0.39, 0.29) is 0 Å². The number of para-hydroxylation sites is 1. The minimum absolute atomic E-state index is 0.326. The Bertz CT molecular complexity index is 237. The van der Waals surface area contributed by atoms with Crippen LogP contribution in [0.4, 0.5) is 5.69 Å². The quantitative estimate of drug-likeness (QED) is 0.567. The molecule has 1 aliphatic rings. The van der Waals surface area contributed by atoms with Crippen molar-refractivity contribution in [1.82, 2.24) is 0 Å². The number of rotatable bonds is 1. The highest BCUT2D eigenvalue weighted by Crippen LogP contribution is 2.23. The Balaban J connectivity index is 2.27. The molecule has 1 heterocycles. The van der Waals surface area contributed by atoms with Crippen molar-refractivity contribution in [3.8, 4) is 0 Å². The summed E-state index contributed by atoms with van der Waals surface area (Å²) in [6, 6.07) is 8.30. The van der Waals surface area contributed by atoms with E-state index in [0.29, 0.717) is 5.94 Å². The van der Waals surface area contributed by atoms with E-state index in [1.54, 1.807) is 7.17 Å². The van der Waals surface area contributed by atoms with Crippen LogP contribution < -0.4 is 5.32 Å². The first-order valence-electron chi connectivity index (χ1n) is 3.79. The standard InChI is InChI=1S/C8H8B2N/c9-10-8-5-6-3-1-2-4-7(6)11-8/h1-4,8,11H,5H2/t8-/m0/s1. The number of hydrogen-bond acceptors (Lipinski definition) is 1. The van der Waals surface area contributed by atoms with Crippen LogP contribution in [0.2, 0.25) is 0 Å². The van der Waals surface area contributed by atoms with Gasteiger partial charge in [-0.2, -0.15) is 0 Å². The molecule has 1 aromatic carbocycles. The summed E-state index contributed by atoms with van der Waals surface area (Å²) in [5.41, 5.74) is 2.58. The first kappa shape index (κ1) is 6.84. The maximum atomic E-state index is 5.43. The van der Waals surface area contributed by atoms with Gasteiger partial charge >= 0.3 is 0 Å². The molecule has 1 atom stereocenters. The molecule has 1 N–H and O–H groups in total. The molecule has 1 nitrogen and oxygen atoms in total. The van der Waals surface area contributed by atoms with Gasteiger partial charge in [0.15, 0.2) is 0 Å². The topological polar surface area (TPSA) is 12.0 Å². The Morgan fingerprint density at radius 2 is 2.27 bits per heavy atom. The van der Waals surface area contributed by atoms with Crippen molar-refractivity contribution >= 4 is 20.6 Å². The van der Waals surface area contributed by atoms with Gasteiger partial charge in [0.05, 0.1) is 7.17 Å². The van der Waals surface area contributed by atoms with Gasteiger partial charge in [0, 0.05) is 13.4 Å². The summed E-state index contributed by atoms with van der Waals surface area (Å²) >= 11 is 0. The van der Waals surface area contributed by atoms with Crippen molar-refractivity contribution in [2.75, 3.05) is 5.32 Å². The molecule has 1 aliphatic heterocycles. The molecule has 0 amide bonds. The third-order valence-electron chi connectivity index (χ3n) is 2.03. The van der Waals surface area contributed by atoms with Crippen molar-refractivity contribution in [2.45, 2.75) is 12.4 Å². The monoisotopic (exact) mass is 140 g/mol. The van der Waals surface area contributed by atoms with Crippen molar-refractivity contribution in [2.24, 2.45) is 0 Å². The summed E-state index contributed by atoms with van der Waals surface area (Å²) in [4.78, 5) is 0. The third kappa shape index (κ3) is 1.15. The second kappa shape index (κ2) is 2.65. The second-order valence-electron chi connectivity index (χ2n) is 2.80. The lowest BCUT2D eigenvalue weighted by Gasteiger charge is -2.05. The maximum absolute atomic E-state index is 5.43. The van der Waals surface area contributed by atoms with E-state index in [4.69, 9.17) is 7.74 Å². The molecule has 0 bridgehead atoms. The van der Waals surface area contributed by atoms with Crippen LogP contribution in [0.15, 0.2) is 24.3 Å². The van der Waals surface area contributed by atoms with Gasteiger partial charge in [0.1, 0.15) is 0 Å². The predicted octanol–water partition coefficient (Wildman–Crippen LogP) is 0.768. The molecule has 0 saturated carbocycles. The second-order valence-corrected chi connectivity index (χ2v) is 2.80. The summed E-state index contributed by atoms with van der Waals surface area (Å²) in [5, 5.41) is 3.30. The zero-order valence-electron chi connectivity index (χ0n) is 6.25. The summed E-state index contributed by atoms with van der Waals surface area (Å²) in [5.74, 6) is 0.326. The van der Waals surface area contributed by atoms with Gasteiger partial charge in [-0.05, 0) is 24.0 Å². The van der Waals surface area contributed by atoms with E-state index in [2.05, 4.69) is 23.5 Å². The van der Waals surface area contributed by atoms with Gasteiger partial charge in [0.2, 0.25) is 0 Å². The SMILES string of the molecule is [B][B][C@@H]1Cc2ccccc2N1. The first-order chi connectivity index (χ1) is 5.40. The number of benzene rings is 1. The highest BCUT2D eigenvalue weighted by Gasteiger charge is 2.16. The average Bonchev–Trinajstić information content (AvgIpc) is 2.46. The summed E-state index contributed by atoms with van der Waals surface area (Å²) in [6.45, 7) is 0. The zero-order chi connectivity index (χ0) is 7.68. The van der Waals surface area contributed by atoms with Gasteiger partial charge in [-0.15, -0.1) is 0 Å². The Morgan fingerprint density at radius 3 is 3.00 bits per heavy atom. The van der Waals surface area contributed by atoms with Crippen LogP contribution in [-0.2, 0) is 6.42 Å². The fourth-order valence-electron chi connectivity index (χ4n) is 1.44. The molecule has 3 heteroatoms. The Kier molecular flexibility index (Phi) is 1.65. The lowest BCUT2D eigenvalue weighted by Crippen LogP contribution is -2.23. The van der Waals surface area contributed by atoms with E-state index in [0.717, 1.165) is 6.42 Å². The Morgan fingerprint density at radius 1 is 1.45 bits per heavy atom. The predicted molar refractivity (Wildman–Crippen MR) is 49.1 cm³/mol. The lowest BCUT2D eigenvalue weighted by atomic mass is 9.50. The van der Waals surface area contributed by atoms with E-state index in [1.165, 1.54) is 11.3 Å². The van der Waals surface area contributed by atoms with Crippen LogP contribution in [0, 0.1) is 0 Å². The van der Waals surface area contributed by atoms with Gasteiger partial charge < -0.3 is 5.32 Å². The number of anilines is 1. The zero-order valence-corrected chi connectivity index (χ0v) is 6.25. The molecule has 0 aliphatic carbocycles. The van der Waals surface area contributed by atoms with Crippen LogP contribution >= 0.6 is 0 Å². The van der Waals surface area contributed by atoms with E-state index in [1.807, 2.05) is 6.07 Å². The van der Waals surface area contributed by atoms with Crippen LogP contribution in [0.3, 0.4) is 0 Å². The molecule has 11 heavy (non-hydrogen) atoms. The van der Waals surface area contributed by atoms with Gasteiger partial charge in [0.25, 0.3) is 0 Å². The normalized spacial score (nSPS) is 20.5. The van der Waals surface area contributed by atoms with Gasteiger partial charge in [-0.25, -0.2) is 0 Å². The van der Waals surface area contributed by atoms with Crippen molar-refractivity contribution in [3.05, 3.63) is 29.8 Å². The molecule has 0 unspecified atom stereocenters. The van der Waals surface area contributed by atoms with Crippen LogP contribution in [0.25, 0.3) is 0 Å². The average molecular weight is 140 g/mol. The molecule has 0 fully saturated rings. The minimum atomic E-state index is 0.326. The number of fused-ring (bicyclic) bond motifs is 1. The fourth-order valence-corrected chi connectivity index (χ4v) is 1.44. The summed E-state index contributed by atoms with van der Waals surface area (Å²) in [7, 11) is 7.13. The fraction of sp³-hybridized carbons (Fsp3) is 0.250. The molecule has 0 saturated heterocycles. The van der Waals surface area contributed by atoms with E-state index >= 15 is 0 Å². The molecule has 1 aromatic rings. The molecular formula is C8H8B2N. The molecule has 0 aromatic heterocycles. The smallest absolute Gasteiger partial charge is 0.0854 e. The van der Waals surface area contributed by atoms with Crippen molar-refractivity contribution < 1.29 is 0 Å². The summed E-state index contributed by atoms with van der Waals surface area (Å²) in [6.07, 6.45) is 1.02. The Labute approximate surface area is 68.8 Å². The van der Waals surface area contributed by atoms with Crippen LogP contribution in [0.5, 0.6) is 0 Å². The van der Waals surface area contributed by atoms with Crippen LogP contribution in [-0.4, -0.2) is 20.8 Å². The first-order valence-corrected chi connectivity index (χ1v) is 3.79. The third-order valence-corrected chi connectivity index (χ3v) is 2.03. The molecule has 2 rings (SSSR count).